The van der Waals surface area contributed by atoms with Crippen LogP contribution < -0.4 is 5.32 Å². The average molecular weight is 241 g/mol. The Morgan fingerprint density at radius 3 is 2.41 bits per heavy atom. The van der Waals surface area contributed by atoms with Gasteiger partial charge in [0, 0.05) is 13.1 Å². The van der Waals surface area contributed by atoms with Crippen LogP contribution in [0.25, 0.3) is 0 Å². The summed E-state index contributed by atoms with van der Waals surface area (Å²) in [4.78, 5) is 4.88. The Morgan fingerprint density at radius 1 is 1.24 bits per heavy atom. The molecule has 0 aromatic carbocycles. The second-order valence-corrected chi connectivity index (χ2v) is 6.14. The summed E-state index contributed by atoms with van der Waals surface area (Å²) in [5, 5.41) is 3.59. The van der Waals surface area contributed by atoms with Gasteiger partial charge in [-0.3, -0.25) is 0 Å². The molecule has 1 fully saturated rings. The molecule has 17 heavy (non-hydrogen) atoms. The Kier molecular flexibility index (Phi) is 7.09. The third-order valence-electron chi connectivity index (χ3n) is 3.56. The molecule has 0 radical (unpaired) electrons. The van der Waals surface area contributed by atoms with Crippen LogP contribution in [0.1, 0.15) is 26.7 Å². The molecule has 0 aromatic rings. The highest BCUT2D eigenvalue weighted by molar-refractivity contribution is 4.74. The maximum atomic E-state index is 3.59. The predicted octanol–water partition coefficient (Wildman–Crippen LogP) is 1.51. The van der Waals surface area contributed by atoms with E-state index in [1.54, 1.807) is 0 Å². The van der Waals surface area contributed by atoms with Crippen LogP contribution in [0.4, 0.5) is 0 Å². The molecular formula is C14H31N3. The molecular weight excluding hydrogens is 210 g/mol. The van der Waals surface area contributed by atoms with Crippen LogP contribution in [-0.4, -0.2) is 63.2 Å². The van der Waals surface area contributed by atoms with Gasteiger partial charge >= 0.3 is 0 Å². The van der Waals surface area contributed by atoms with Gasteiger partial charge in [-0.2, -0.15) is 0 Å². The minimum Gasteiger partial charge on any atom is -0.316 e. The standard InChI is InChI=1S/C14H31N3/c1-13(2)11-15-12-14-5-7-17(8-6-14)10-9-16(3)4/h13-15H,5-12H2,1-4H3. The minimum atomic E-state index is 0.773. The van der Waals surface area contributed by atoms with Crippen LogP contribution in [0, 0.1) is 11.8 Å². The molecule has 1 heterocycles. The Hall–Kier alpha value is -0.120. The molecule has 0 bridgehead atoms. The molecule has 1 saturated heterocycles. The van der Waals surface area contributed by atoms with Crippen molar-refractivity contribution in [3.63, 3.8) is 0 Å². The van der Waals surface area contributed by atoms with Crippen molar-refractivity contribution in [2.45, 2.75) is 26.7 Å². The van der Waals surface area contributed by atoms with Gasteiger partial charge in [0.2, 0.25) is 0 Å². The zero-order chi connectivity index (χ0) is 12.7. The highest BCUT2D eigenvalue weighted by Crippen LogP contribution is 2.16. The smallest absolute Gasteiger partial charge is 0.0109 e. The van der Waals surface area contributed by atoms with Crippen LogP contribution in [0.5, 0.6) is 0 Å². The highest BCUT2D eigenvalue weighted by atomic mass is 15.2. The topological polar surface area (TPSA) is 18.5 Å². The first-order valence-electron chi connectivity index (χ1n) is 7.15. The summed E-state index contributed by atoms with van der Waals surface area (Å²) < 4.78 is 0. The average Bonchev–Trinajstić information content (AvgIpc) is 2.27. The second-order valence-electron chi connectivity index (χ2n) is 6.14. The molecule has 3 heteroatoms. The number of hydrogen-bond donors (Lipinski definition) is 1. The quantitative estimate of drug-likeness (QED) is 0.729. The largest absolute Gasteiger partial charge is 0.316 e. The third-order valence-corrected chi connectivity index (χ3v) is 3.56. The Morgan fingerprint density at radius 2 is 1.88 bits per heavy atom. The van der Waals surface area contributed by atoms with Crippen molar-refractivity contribution in [2.75, 3.05) is 53.4 Å². The van der Waals surface area contributed by atoms with Gasteiger partial charge in [-0.05, 0) is 65.0 Å². The first-order valence-corrected chi connectivity index (χ1v) is 7.15. The number of piperidine rings is 1. The summed E-state index contributed by atoms with van der Waals surface area (Å²) in [5.41, 5.74) is 0. The van der Waals surface area contributed by atoms with Gasteiger partial charge in [-0.25, -0.2) is 0 Å². The maximum Gasteiger partial charge on any atom is 0.0109 e. The Labute approximate surface area is 108 Å². The minimum absolute atomic E-state index is 0.773. The molecule has 1 aliphatic heterocycles. The molecule has 0 aromatic heterocycles. The summed E-state index contributed by atoms with van der Waals surface area (Å²) in [6.07, 6.45) is 2.75. The first-order chi connectivity index (χ1) is 8.08. The molecule has 0 aliphatic carbocycles. The number of nitrogens with zero attached hydrogens (tertiary/aromatic N) is 2. The fraction of sp³-hybridized carbons (Fsp3) is 1.00. The monoisotopic (exact) mass is 241 g/mol. The lowest BCUT2D eigenvalue weighted by Gasteiger charge is -2.32. The van der Waals surface area contributed by atoms with Gasteiger partial charge < -0.3 is 15.1 Å². The molecule has 1 rings (SSSR count). The third kappa shape index (κ3) is 7.02. The number of rotatable bonds is 7. The van der Waals surface area contributed by atoms with Gasteiger partial charge in [0.1, 0.15) is 0 Å². The van der Waals surface area contributed by atoms with Gasteiger partial charge in [0.15, 0.2) is 0 Å². The lowest BCUT2D eigenvalue weighted by molar-refractivity contribution is 0.168. The van der Waals surface area contributed by atoms with E-state index in [4.69, 9.17) is 0 Å². The zero-order valence-electron chi connectivity index (χ0n) is 12.2. The van der Waals surface area contributed by atoms with E-state index in [0.29, 0.717) is 0 Å². The van der Waals surface area contributed by atoms with Crippen molar-refractivity contribution in [3.05, 3.63) is 0 Å². The van der Waals surface area contributed by atoms with Crippen LogP contribution >= 0.6 is 0 Å². The number of likely N-dealkylation sites (tertiary alicyclic amines) is 1. The van der Waals surface area contributed by atoms with E-state index in [1.165, 1.54) is 52.1 Å². The van der Waals surface area contributed by atoms with Gasteiger partial charge in [-0.15, -0.1) is 0 Å². The van der Waals surface area contributed by atoms with E-state index in [-0.39, 0.29) is 0 Å². The van der Waals surface area contributed by atoms with Gasteiger partial charge in [-0.1, -0.05) is 13.8 Å². The normalized spacial score (nSPS) is 19.4. The fourth-order valence-electron chi connectivity index (χ4n) is 2.33. The summed E-state index contributed by atoms with van der Waals surface area (Å²) >= 11 is 0. The number of nitrogens with one attached hydrogen (secondary N) is 1. The molecule has 0 saturated carbocycles. The molecule has 1 N–H and O–H groups in total. The van der Waals surface area contributed by atoms with E-state index in [0.717, 1.165) is 11.8 Å². The molecule has 0 unspecified atom stereocenters. The van der Waals surface area contributed by atoms with Crippen LogP contribution in [0.15, 0.2) is 0 Å². The van der Waals surface area contributed by atoms with Crippen molar-refractivity contribution in [3.8, 4) is 0 Å². The molecule has 3 nitrogen and oxygen atoms in total. The summed E-state index contributed by atoms with van der Waals surface area (Å²) in [6.45, 7) is 12.0. The maximum absolute atomic E-state index is 3.59. The molecule has 0 spiro atoms. The summed E-state index contributed by atoms with van der Waals surface area (Å²) in [7, 11) is 4.31. The van der Waals surface area contributed by atoms with Crippen molar-refractivity contribution >= 4 is 0 Å². The van der Waals surface area contributed by atoms with Crippen LogP contribution in [0.3, 0.4) is 0 Å². The Balaban J connectivity index is 2.05. The van der Waals surface area contributed by atoms with Gasteiger partial charge in [0.05, 0.1) is 0 Å². The fourth-order valence-corrected chi connectivity index (χ4v) is 2.33. The SMILES string of the molecule is CC(C)CNCC1CCN(CCN(C)C)CC1. The zero-order valence-corrected chi connectivity index (χ0v) is 12.2. The van der Waals surface area contributed by atoms with Gasteiger partial charge in [0.25, 0.3) is 0 Å². The van der Waals surface area contributed by atoms with E-state index in [1.807, 2.05) is 0 Å². The number of hydrogen-bond acceptors (Lipinski definition) is 3. The van der Waals surface area contributed by atoms with Crippen molar-refractivity contribution in [2.24, 2.45) is 11.8 Å². The van der Waals surface area contributed by atoms with E-state index >= 15 is 0 Å². The molecule has 0 amide bonds. The predicted molar refractivity (Wildman–Crippen MR) is 75.4 cm³/mol. The molecule has 102 valence electrons. The summed E-state index contributed by atoms with van der Waals surface area (Å²) in [6, 6.07) is 0. The second kappa shape index (κ2) is 8.06. The summed E-state index contributed by atoms with van der Waals surface area (Å²) in [5.74, 6) is 1.68. The molecule has 0 atom stereocenters. The Bertz CT molecular complexity index is 184. The lowest BCUT2D eigenvalue weighted by Crippen LogP contribution is -2.40. The van der Waals surface area contributed by atoms with E-state index in [2.05, 4.69) is 43.1 Å². The lowest BCUT2D eigenvalue weighted by atomic mass is 9.96. The highest BCUT2D eigenvalue weighted by Gasteiger charge is 2.18. The van der Waals surface area contributed by atoms with Crippen molar-refractivity contribution < 1.29 is 0 Å². The molecule has 1 aliphatic rings. The van der Waals surface area contributed by atoms with E-state index < -0.39 is 0 Å². The first kappa shape index (κ1) is 14.9. The van der Waals surface area contributed by atoms with Crippen LogP contribution in [0.2, 0.25) is 0 Å². The van der Waals surface area contributed by atoms with E-state index in [9.17, 15) is 0 Å². The number of likely N-dealkylation sites (N-methyl/N-ethyl adjacent to an activating group) is 1. The van der Waals surface area contributed by atoms with Crippen molar-refractivity contribution in [1.29, 1.82) is 0 Å². The van der Waals surface area contributed by atoms with Crippen molar-refractivity contribution in [1.82, 2.24) is 15.1 Å². The van der Waals surface area contributed by atoms with Crippen LogP contribution in [-0.2, 0) is 0 Å².